The number of carbonyl (C=O) groups excluding carboxylic acids is 2. The van der Waals surface area contributed by atoms with Crippen molar-refractivity contribution in [2.75, 3.05) is 14.2 Å². The minimum absolute atomic E-state index is 0.352. The number of rotatable bonds is 4. The summed E-state index contributed by atoms with van der Waals surface area (Å²) in [5.74, 6) is -0.144. The van der Waals surface area contributed by atoms with E-state index in [0.29, 0.717) is 17.0 Å². The van der Waals surface area contributed by atoms with Gasteiger partial charge in [-0.15, -0.1) is 0 Å². The van der Waals surface area contributed by atoms with Crippen molar-refractivity contribution in [3.05, 3.63) is 34.9 Å². The van der Waals surface area contributed by atoms with Gasteiger partial charge in [0, 0.05) is 0 Å². The van der Waals surface area contributed by atoms with Crippen molar-refractivity contribution < 1.29 is 19.1 Å². The van der Waals surface area contributed by atoms with Gasteiger partial charge < -0.3 is 9.47 Å². The highest BCUT2D eigenvalue weighted by Gasteiger charge is 2.21. The zero-order chi connectivity index (χ0) is 14.5. The van der Waals surface area contributed by atoms with Gasteiger partial charge in [0.2, 0.25) is 0 Å². The average Bonchev–Trinajstić information content (AvgIpc) is 2.98. The maximum Gasteiger partial charge on any atom is 0.338 e. The zero-order valence-corrected chi connectivity index (χ0v) is 12.0. The lowest BCUT2D eigenvalue weighted by molar-refractivity contribution is 0.0585. The monoisotopic (exact) mass is 276 g/mol. The van der Waals surface area contributed by atoms with E-state index in [1.54, 1.807) is 18.2 Å². The molecule has 1 fully saturated rings. The van der Waals surface area contributed by atoms with Crippen LogP contribution in [0.15, 0.2) is 18.2 Å². The second-order valence-corrected chi connectivity index (χ2v) is 5.21. The number of benzene rings is 1. The molecule has 0 aliphatic heterocycles. The summed E-state index contributed by atoms with van der Waals surface area (Å²) in [5, 5.41) is 0. The summed E-state index contributed by atoms with van der Waals surface area (Å²) in [6.07, 6.45) is 5.67. The number of hydrogen-bond acceptors (Lipinski definition) is 4. The molecule has 0 atom stereocenters. The van der Waals surface area contributed by atoms with Gasteiger partial charge in [-0.2, -0.15) is 0 Å². The normalized spacial score (nSPS) is 15.1. The molecule has 0 unspecified atom stereocenters. The third-order valence-electron chi connectivity index (χ3n) is 3.91. The second kappa shape index (κ2) is 6.55. The summed E-state index contributed by atoms with van der Waals surface area (Å²) in [4.78, 5) is 23.4. The van der Waals surface area contributed by atoms with Gasteiger partial charge in [-0.05, 0) is 36.1 Å². The quantitative estimate of drug-likeness (QED) is 0.793. The molecule has 0 radical (unpaired) electrons. The van der Waals surface area contributed by atoms with Crippen LogP contribution in [0.25, 0.3) is 0 Å². The molecule has 1 aromatic rings. The Morgan fingerprint density at radius 1 is 1.10 bits per heavy atom. The molecule has 0 heterocycles. The van der Waals surface area contributed by atoms with E-state index in [1.165, 1.54) is 39.9 Å². The highest BCUT2D eigenvalue weighted by atomic mass is 16.5. The standard InChI is InChI=1S/C16H20O4/c1-19-15(17)12-7-8-14(16(18)20-2)13(10-12)9-11-5-3-4-6-11/h7-8,10-11H,3-6,9H2,1-2H3. The Hall–Kier alpha value is -1.84. The highest BCUT2D eigenvalue weighted by molar-refractivity contribution is 5.94. The summed E-state index contributed by atoms with van der Waals surface area (Å²) >= 11 is 0. The van der Waals surface area contributed by atoms with Crippen LogP contribution in [0.4, 0.5) is 0 Å². The first-order chi connectivity index (χ1) is 9.65. The van der Waals surface area contributed by atoms with Crippen LogP contribution in [0.5, 0.6) is 0 Å². The minimum atomic E-state index is -0.380. The van der Waals surface area contributed by atoms with Crippen molar-refractivity contribution in [3.63, 3.8) is 0 Å². The van der Waals surface area contributed by atoms with E-state index in [9.17, 15) is 9.59 Å². The molecule has 4 nitrogen and oxygen atoms in total. The topological polar surface area (TPSA) is 52.6 Å². The lowest BCUT2D eigenvalue weighted by atomic mass is 9.93. The van der Waals surface area contributed by atoms with E-state index >= 15 is 0 Å². The Kier molecular flexibility index (Phi) is 4.77. The Morgan fingerprint density at radius 3 is 2.35 bits per heavy atom. The highest BCUT2D eigenvalue weighted by Crippen LogP contribution is 2.29. The summed E-state index contributed by atoms with van der Waals surface area (Å²) < 4.78 is 9.55. The van der Waals surface area contributed by atoms with Crippen molar-refractivity contribution in [1.82, 2.24) is 0 Å². The van der Waals surface area contributed by atoms with E-state index in [4.69, 9.17) is 9.47 Å². The summed E-state index contributed by atoms with van der Waals surface area (Å²) in [7, 11) is 2.73. The molecule has 1 saturated carbocycles. The molecule has 2 rings (SSSR count). The molecular weight excluding hydrogens is 256 g/mol. The van der Waals surface area contributed by atoms with Crippen molar-refractivity contribution in [3.8, 4) is 0 Å². The number of hydrogen-bond donors (Lipinski definition) is 0. The van der Waals surface area contributed by atoms with Crippen LogP contribution in [0.2, 0.25) is 0 Å². The van der Waals surface area contributed by atoms with Crippen molar-refractivity contribution in [2.24, 2.45) is 5.92 Å². The van der Waals surface area contributed by atoms with E-state index in [-0.39, 0.29) is 11.9 Å². The van der Waals surface area contributed by atoms with Gasteiger partial charge >= 0.3 is 11.9 Å². The molecule has 0 N–H and O–H groups in total. The third-order valence-corrected chi connectivity index (χ3v) is 3.91. The molecule has 20 heavy (non-hydrogen) atoms. The number of ether oxygens (including phenoxy) is 2. The van der Waals surface area contributed by atoms with Crippen molar-refractivity contribution >= 4 is 11.9 Å². The molecule has 0 amide bonds. The summed E-state index contributed by atoms with van der Waals surface area (Å²) in [6.45, 7) is 0. The van der Waals surface area contributed by atoms with Crippen LogP contribution < -0.4 is 0 Å². The van der Waals surface area contributed by atoms with Crippen LogP contribution >= 0.6 is 0 Å². The largest absolute Gasteiger partial charge is 0.465 e. The van der Waals surface area contributed by atoms with Crippen LogP contribution in [0, 0.1) is 5.92 Å². The van der Waals surface area contributed by atoms with Crippen molar-refractivity contribution in [2.45, 2.75) is 32.1 Å². The van der Waals surface area contributed by atoms with Crippen molar-refractivity contribution in [1.29, 1.82) is 0 Å². The van der Waals surface area contributed by atoms with Gasteiger partial charge in [-0.3, -0.25) is 0 Å². The summed E-state index contributed by atoms with van der Waals surface area (Å²) in [6, 6.07) is 5.02. The first-order valence-electron chi connectivity index (χ1n) is 6.95. The van der Waals surface area contributed by atoms with E-state index in [0.717, 1.165) is 12.0 Å². The maximum absolute atomic E-state index is 11.8. The molecule has 1 aromatic carbocycles. The number of methoxy groups -OCH3 is 2. The maximum atomic E-state index is 11.8. The lowest BCUT2D eigenvalue weighted by Crippen LogP contribution is -2.11. The van der Waals surface area contributed by atoms with Gasteiger partial charge in [0.25, 0.3) is 0 Å². The third kappa shape index (κ3) is 3.18. The van der Waals surface area contributed by atoms with Crippen LogP contribution in [-0.4, -0.2) is 26.2 Å². The fourth-order valence-corrected chi connectivity index (χ4v) is 2.84. The van der Waals surface area contributed by atoms with Crippen LogP contribution in [-0.2, 0) is 15.9 Å². The van der Waals surface area contributed by atoms with E-state index in [1.807, 2.05) is 0 Å². The number of carbonyl (C=O) groups is 2. The first kappa shape index (κ1) is 14.6. The lowest BCUT2D eigenvalue weighted by Gasteiger charge is -2.13. The van der Waals surface area contributed by atoms with Gasteiger partial charge in [-0.1, -0.05) is 25.7 Å². The van der Waals surface area contributed by atoms with Gasteiger partial charge in [0.1, 0.15) is 0 Å². The first-order valence-corrected chi connectivity index (χ1v) is 6.95. The molecule has 4 heteroatoms. The van der Waals surface area contributed by atoms with Gasteiger partial charge in [-0.25, -0.2) is 9.59 Å². The molecule has 1 aliphatic carbocycles. The Morgan fingerprint density at radius 2 is 1.75 bits per heavy atom. The average molecular weight is 276 g/mol. The smallest absolute Gasteiger partial charge is 0.338 e. The van der Waals surface area contributed by atoms with Crippen LogP contribution in [0.1, 0.15) is 52.0 Å². The summed E-state index contributed by atoms with van der Waals surface area (Å²) in [5.41, 5.74) is 1.91. The van der Waals surface area contributed by atoms with Gasteiger partial charge in [0.05, 0.1) is 25.3 Å². The molecular formula is C16H20O4. The SMILES string of the molecule is COC(=O)c1ccc(C(=O)OC)c(CC2CCCC2)c1. The van der Waals surface area contributed by atoms with Crippen LogP contribution in [0.3, 0.4) is 0 Å². The minimum Gasteiger partial charge on any atom is -0.465 e. The molecule has 1 aliphatic rings. The molecule has 0 spiro atoms. The zero-order valence-electron chi connectivity index (χ0n) is 12.0. The Balaban J connectivity index is 2.31. The number of esters is 2. The van der Waals surface area contributed by atoms with Gasteiger partial charge in [0.15, 0.2) is 0 Å². The molecule has 0 bridgehead atoms. The fourth-order valence-electron chi connectivity index (χ4n) is 2.84. The second-order valence-electron chi connectivity index (χ2n) is 5.21. The molecule has 0 aromatic heterocycles. The fraction of sp³-hybridized carbons (Fsp3) is 0.500. The molecule has 0 saturated heterocycles. The Bertz CT molecular complexity index is 501. The van der Waals surface area contributed by atoms with E-state index < -0.39 is 0 Å². The predicted octanol–water partition coefficient (Wildman–Crippen LogP) is 2.99. The molecule has 108 valence electrons. The Labute approximate surface area is 119 Å². The predicted molar refractivity (Wildman–Crippen MR) is 74.8 cm³/mol. The van der Waals surface area contributed by atoms with E-state index in [2.05, 4.69) is 0 Å².